The van der Waals surface area contributed by atoms with Gasteiger partial charge in [-0.25, -0.2) is 13.2 Å². The summed E-state index contributed by atoms with van der Waals surface area (Å²) in [5, 5.41) is 0. The second-order valence-electron chi connectivity index (χ2n) is 6.65. The Morgan fingerprint density at radius 1 is 1.37 bits per heavy atom. The van der Waals surface area contributed by atoms with Gasteiger partial charge in [0.05, 0.1) is 19.3 Å². The molecule has 0 aromatic carbocycles. The Morgan fingerprint density at radius 2 is 2.11 bits per heavy atom. The van der Waals surface area contributed by atoms with Gasteiger partial charge in [-0.2, -0.15) is 4.31 Å². The van der Waals surface area contributed by atoms with Crippen LogP contribution in [0.15, 0.2) is 41.6 Å². The first kappa shape index (κ1) is 19.5. The third kappa shape index (κ3) is 4.37. The van der Waals surface area contributed by atoms with E-state index in [4.69, 9.17) is 0 Å². The molecule has 0 radical (unpaired) electrons. The second-order valence-corrected chi connectivity index (χ2v) is 8.54. The normalized spacial score (nSPS) is 16.6. The molecular formula is C18H24N4O4S. The molecule has 1 aliphatic rings. The largest absolute Gasteiger partial charge is 0.464 e. The number of piperidine rings is 1. The van der Waals surface area contributed by atoms with Gasteiger partial charge in [0.15, 0.2) is 0 Å². The minimum atomic E-state index is -3.80. The van der Waals surface area contributed by atoms with Crippen LogP contribution in [0.1, 0.15) is 29.0 Å². The highest BCUT2D eigenvalue weighted by Crippen LogP contribution is 2.26. The lowest BCUT2D eigenvalue weighted by Gasteiger charge is -2.36. The van der Waals surface area contributed by atoms with E-state index in [-0.39, 0.29) is 23.2 Å². The summed E-state index contributed by atoms with van der Waals surface area (Å²) in [6.07, 6.45) is 4.48. The Bertz CT molecular complexity index is 874. The van der Waals surface area contributed by atoms with Gasteiger partial charge in [-0.1, -0.05) is 6.07 Å². The van der Waals surface area contributed by atoms with Gasteiger partial charge in [0.2, 0.25) is 10.0 Å². The highest BCUT2D eigenvalue weighted by molar-refractivity contribution is 7.89. The summed E-state index contributed by atoms with van der Waals surface area (Å²) in [6.45, 7) is 1.86. The average Bonchev–Trinajstić information content (AvgIpc) is 3.18. The third-order valence-electron chi connectivity index (χ3n) is 4.81. The van der Waals surface area contributed by atoms with Crippen LogP contribution in [-0.2, 0) is 21.3 Å². The molecular weight excluding hydrogens is 368 g/mol. The van der Waals surface area contributed by atoms with Gasteiger partial charge in [0, 0.05) is 18.4 Å². The van der Waals surface area contributed by atoms with Crippen LogP contribution >= 0.6 is 0 Å². The fourth-order valence-corrected chi connectivity index (χ4v) is 4.88. The number of likely N-dealkylation sites (tertiary alicyclic amines) is 1. The van der Waals surface area contributed by atoms with Gasteiger partial charge < -0.3 is 14.6 Å². The summed E-state index contributed by atoms with van der Waals surface area (Å²) in [4.78, 5) is 20.9. The zero-order valence-corrected chi connectivity index (χ0v) is 16.3. The molecule has 0 unspecified atom stereocenters. The number of carbonyl (C=O) groups is 1. The number of nitrogens with one attached hydrogen (secondary N) is 1. The molecule has 1 saturated heterocycles. The first-order valence-electron chi connectivity index (χ1n) is 8.79. The molecule has 0 aliphatic carbocycles. The third-order valence-corrected chi connectivity index (χ3v) is 6.68. The molecule has 0 saturated carbocycles. The van der Waals surface area contributed by atoms with Crippen molar-refractivity contribution in [1.29, 1.82) is 0 Å². The van der Waals surface area contributed by atoms with Crippen molar-refractivity contribution in [2.75, 3.05) is 27.2 Å². The van der Waals surface area contributed by atoms with Crippen LogP contribution in [-0.4, -0.2) is 66.8 Å². The lowest BCUT2D eigenvalue weighted by molar-refractivity contribution is 0.0594. The first-order chi connectivity index (χ1) is 12.9. The van der Waals surface area contributed by atoms with E-state index in [1.807, 2.05) is 19.2 Å². The van der Waals surface area contributed by atoms with E-state index < -0.39 is 16.0 Å². The van der Waals surface area contributed by atoms with E-state index in [1.165, 1.54) is 23.7 Å². The van der Waals surface area contributed by atoms with Crippen LogP contribution in [0.4, 0.5) is 0 Å². The van der Waals surface area contributed by atoms with Gasteiger partial charge in [-0.3, -0.25) is 4.98 Å². The minimum absolute atomic E-state index is 0.0535. The van der Waals surface area contributed by atoms with E-state index in [9.17, 15) is 13.2 Å². The van der Waals surface area contributed by atoms with Crippen LogP contribution in [0.25, 0.3) is 0 Å². The minimum Gasteiger partial charge on any atom is -0.464 e. The Morgan fingerprint density at radius 3 is 2.74 bits per heavy atom. The maximum atomic E-state index is 13.4. The number of H-pyrrole nitrogens is 1. The number of pyridine rings is 1. The summed E-state index contributed by atoms with van der Waals surface area (Å²) in [5.41, 5.74) is 0.793. The lowest BCUT2D eigenvalue weighted by Crippen LogP contribution is -2.46. The van der Waals surface area contributed by atoms with Crippen LogP contribution in [0.5, 0.6) is 0 Å². The molecule has 3 rings (SSSR count). The molecule has 146 valence electrons. The van der Waals surface area contributed by atoms with Crippen molar-refractivity contribution >= 4 is 16.0 Å². The van der Waals surface area contributed by atoms with Crippen LogP contribution in [0.3, 0.4) is 0 Å². The Hall–Kier alpha value is -2.23. The molecule has 2 aromatic heterocycles. The fraction of sp³-hybridized carbons (Fsp3) is 0.444. The first-order valence-corrected chi connectivity index (χ1v) is 10.2. The molecule has 1 aliphatic heterocycles. The van der Waals surface area contributed by atoms with Gasteiger partial charge in [-0.15, -0.1) is 0 Å². The fourth-order valence-electron chi connectivity index (χ4n) is 3.23. The van der Waals surface area contributed by atoms with E-state index >= 15 is 0 Å². The summed E-state index contributed by atoms with van der Waals surface area (Å²) in [7, 11) is -0.518. The standard InChI is InChI=1S/C18H24N4O4S/c1-21-9-6-15(7-10-21)22(13-14-5-3-4-8-19-14)27(24,25)16-11-17(20-12-16)18(23)26-2/h3-5,8,11-12,15,20H,6-7,9-10,13H2,1-2H3. The van der Waals surface area contributed by atoms with E-state index in [0.717, 1.165) is 25.9 Å². The number of methoxy groups -OCH3 is 1. The molecule has 0 bridgehead atoms. The molecule has 27 heavy (non-hydrogen) atoms. The zero-order chi connectivity index (χ0) is 19.4. The lowest BCUT2D eigenvalue weighted by atomic mass is 10.1. The molecule has 1 N–H and O–H groups in total. The van der Waals surface area contributed by atoms with Crippen LogP contribution < -0.4 is 0 Å². The topological polar surface area (TPSA) is 95.6 Å². The van der Waals surface area contributed by atoms with Crippen LogP contribution in [0.2, 0.25) is 0 Å². The number of esters is 1. The SMILES string of the molecule is COC(=O)c1cc(S(=O)(=O)N(Cc2ccccn2)C2CCN(C)CC2)c[nH]1. The van der Waals surface area contributed by atoms with Gasteiger partial charge in [-0.05, 0) is 51.2 Å². The van der Waals surface area contributed by atoms with Gasteiger partial charge in [0.25, 0.3) is 0 Å². The van der Waals surface area contributed by atoms with Crippen molar-refractivity contribution in [1.82, 2.24) is 19.2 Å². The Labute approximate surface area is 159 Å². The molecule has 1 fully saturated rings. The summed E-state index contributed by atoms with van der Waals surface area (Å²) >= 11 is 0. The number of ether oxygens (including phenoxy) is 1. The predicted octanol–water partition coefficient (Wildman–Crippen LogP) is 1.48. The van der Waals surface area contributed by atoms with Crippen molar-refractivity contribution in [3.63, 3.8) is 0 Å². The summed E-state index contributed by atoms with van der Waals surface area (Å²) in [5.74, 6) is -0.605. The highest BCUT2D eigenvalue weighted by Gasteiger charge is 2.34. The molecule has 9 heteroatoms. The maximum Gasteiger partial charge on any atom is 0.354 e. The summed E-state index contributed by atoms with van der Waals surface area (Å²) in [6, 6.07) is 6.65. The molecule has 0 atom stereocenters. The smallest absolute Gasteiger partial charge is 0.354 e. The number of sulfonamides is 1. The Kier molecular flexibility index (Phi) is 5.93. The molecule has 2 aromatic rings. The average molecular weight is 392 g/mol. The summed E-state index contributed by atoms with van der Waals surface area (Å²) < 4.78 is 32.9. The van der Waals surface area contributed by atoms with E-state index in [0.29, 0.717) is 5.69 Å². The number of hydrogen-bond donors (Lipinski definition) is 1. The van der Waals surface area contributed by atoms with Crippen LogP contribution in [0, 0.1) is 0 Å². The number of aromatic nitrogens is 2. The van der Waals surface area contributed by atoms with Crippen molar-refractivity contribution in [3.05, 3.63) is 48.0 Å². The molecule has 0 spiro atoms. The number of hydrogen-bond acceptors (Lipinski definition) is 6. The van der Waals surface area contributed by atoms with E-state index in [1.54, 1.807) is 12.3 Å². The van der Waals surface area contributed by atoms with Crippen molar-refractivity contribution in [2.45, 2.75) is 30.3 Å². The maximum absolute atomic E-state index is 13.4. The number of rotatable bonds is 6. The Balaban J connectivity index is 1.92. The van der Waals surface area contributed by atoms with Crippen molar-refractivity contribution in [3.8, 4) is 0 Å². The highest BCUT2D eigenvalue weighted by atomic mass is 32.2. The van der Waals surface area contributed by atoms with Gasteiger partial charge in [0.1, 0.15) is 10.6 Å². The molecule has 0 amide bonds. The number of aromatic amines is 1. The quantitative estimate of drug-likeness (QED) is 0.748. The van der Waals surface area contributed by atoms with Crippen molar-refractivity contribution < 1.29 is 17.9 Å². The van der Waals surface area contributed by atoms with Crippen molar-refractivity contribution in [2.24, 2.45) is 0 Å². The van der Waals surface area contributed by atoms with E-state index in [2.05, 4.69) is 19.6 Å². The van der Waals surface area contributed by atoms with Gasteiger partial charge >= 0.3 is 5.97 Å². The second kappa shape index (κ2) is 8.20. The number of nitrogens with zero attached hydrogens (tertiary/aromatic N) is 3. The zero-order valence-electron chi connectivity index (χ0n) is 15.5. The predicted molar refractivity (Wildman–Crippen MR) is 99.6 cm³/mol. The number of carbonyl (C=O) groups excluding carboxylic acids is 1. The molecule has 3 heterocycles. The monoisotopic (exact) mass is 392 g/mol. The molecule has 8 nitrogen and oxygen atoms in total.